The summed E-state index contributed by atoms with van der Waals surface area (Å²) >= 11 is 0. The van der Waals surface area contributed by atoms with Crippen LogP contribution in [0.5, 0.6) is 11.5 Å². The van der Waals surface area contributed by atoms with Gasteiger partial charge in [0.2, 0.25) is 0 Å². The second-order valence-electron chi connectivity index (χ2n) is 5.19. The van der Waals surface area contributed by atoms with Gasteiger partial charge in [0.25, 0.3) is 0 Å². The molecule has 0 amide bonds. The number of carbonyl (C=O) groups is 1. The van der Waals surface area contributed by atoms with Gasteiger partial charge in [-0.05, 0) is 42.0 Å². The highest BCUT2D eigenvalue weighted by Crippen LogP contribution is 2.22. The van der Waals surface area contributed by atoms with Crippen molar-refractivity contribution in [2.24, 2.45) is 0 Å². The van der Waals surface area contributed by atoms with Crippen molar-refractivity contribution in [1.29, 1.82) is 0 Å². The van der Waals surface area contributed by atoms with Gasteiger partial charge in [0.05, 0.1) is 14.2 Å². The van der Waals surface area contributed by atoms with E-state index in [4.69, 9.17) is 22.4 Å². The van der Waals surface area contributed by atoms with Gasteiger partial charge in [0, 0.05) is 5.56 Å². The Balaban J connectivity index is 0.000000416. The van der Waals surface area contributed by atoms with Gasteiger partial charge in [0.1, 0.15) is 17.6 Å². The van der Waals surface area contributed by atoms with E-state index in [2.05, 4.69) is 0 Å². The number of hydrogen-bond donors (Lipinski definition) is 2. The second kappa shape index (κ2) is 9.53. The fourth-order valence-electron chi connectivity index (χ4n) is 1.85. The third-order valence-corrected chi connectivity index (χ3v) is 3.93. The largest absolute Gasteiger partial charge is 0.522 e. The van der Waals surface area contributed by atoms with E-state index in [1.807, 2.05) is 0 Å². The maximum atomic E-state index is 12.2. The van der Waals surface area contributed by atoms with Crippen molar-refractivity contribution in [3.8, 4) is 11.5 Å². The van der Waals surface area contributed by atoms with Crippen molar-refractivity contribution >= 4 is 15.9 Å². The Kier molecular flexibility index (Phi) is 7.97. The van der Waals surface area contributed by atoms with Crippen molar-refractivity contribution in [3.05, 3.63) is 59.7 Å². The molecule has 2 rings (SSSR count). The van der Waals surface area contributed by atoms with Crippen LogP contribution < -0.4 is 9.47 Å². The molecular formula is C17H17F3O7S. The maximum absolute atomic E-state index is 12.2. The minimum absolute atomic E-state index is 0.349. The summed E-state index contributed by atoms with van der Waals surface area (Å²) in [5, 5.41) is 10.1. The SMILES string of the molecule is COc1ccc(C(=O)C(O)c2ccc(OC)cc2)cc1.O=S(=O)(O)C(F)(F)F. The highest BCUT2D eigenvalue weighted by atomic mass is 32.2. The fourth-order valence-corrected chi connectivity index (χ4v) is 1.85. The summed E-state index contributed by atoms with van der Waals surface area (Å²) < 4.78 is 67.6. The highest BCUT2D eigenvalue weighted by molar-refractivity contribution is 7.86. The molecule has 0 fully saturated rings. The quantitative estimate of drug-likeness (QED) is 0.433. The van der Waals surface area contributed by atoms with Crippen molar-refractivity contribution < 1.29 is 45.5 Å². The number of carbonyl (C=O) groups excluding carboxylic acids is 1. The Bertz CT molecular complexity index is 876. The first-order valence-electron chi connectivity index (χ1n) is 7.44. The van der Waals surface area contributed by atoms with E-state index in [1.165, 1.54) is 0 Å². The van der Waals surface area contributed by atoms with Crippen LogP contribution in [0, 0.1) is 0 Å². The van der Waals surface area contributed by atoms with Crippen LogP contribution in [-0.2, 0) is 10.1 Å². The molecule has 2 aromatic rings. The van der Waals surface area contributed by atoms with Crippen molar-refractivity contribution in [2.75, 3.05) is 14.2 Å². The average Bonchev–Trinajstić information content (AvgIpc) is 2.66. The summed E-state index contributed by atoms with van der Waals surface area (Å²) in [5.74, 6) is 0.996. The highest BCUT2D eigenvalue weighted by Gasteiger charge is 2.44. The van der Waals surface area contributed by atoms with Crippen LogP contribution in [0.1, 0.15) is 22.0 Å². The lowest BCUT2D eigenvalue weighted by Gasteiger charge is -2.11. The maximum Gasteiger partial charge on any atom is 0.522 e. The molecular weight excluding hydrogens is 405 g/mol. The van der Waals surface area contributed by atoms with Gasteiger partial charge in [-0.25, -0.2) is 0 Å². The summed E-state index contributed by atoms with van der Waals surface area (Å²) in [6.07, 6.45) is -1.19. The van der Waals surface area contributed by atoms with E-state index >= 15 is 0 Å². The molecule has 0 aliphatic carbocycles. The zero-order valence-electron chi connectivity index (χ0n) is 14.7. The van der Waals surface area contributed by atoms with Gasteiger partial charge < -0.3 is 14.6 Å². The first-order valence-corrected chi connectivity index (χ1v) is 8.88. The van der Waals surface area contributed by atoms with E-state index in [-0.39, 0.29) is 5.78 Å². The zero-order valence-corrected chi connectivity index (χ0v) is 15.5. The molecule has 0 aliphatic heterocycles. The number of methoxy groups -OCH3 is 2. The normalized spacial score (nSPS) is 12.4. The van der Waals surface area contributed by atoms with Crippen LogP contribution in [0.4, 0.5) is 13.2 Å². The average molecular weight is 422 g/mol. The number of ketones is 1. The molecule has 0 saturated carbocycles. The number of aliphatic hydroxyl groups excluding tert-OH is 1. The van der Waals surface area contributed by atoms with Crippen LogP contribution in [0.15, 0.2) is 48.5 Å². The number of rotatable bonds is 5. The molecule has 0 aromatic heterocycles. The predicted octanol–water partition coefficient (Wildman–Crippen LogP) is 3.01. The van der Waals surface area contributed by atoms with E-state index in [0.717, 1.165) is 0 Å². The Morgan fingerprint density at radius 2 is 1.29 bits per heavy atom. The van der Waals surface area contributed by atoms with Crippen LogP contribution >= 0.6 is 0 Å². The van der Waals surface area contributed by atoms with Crippen LogP contribution in [-0.4, -0.2) is 43.6 Å². The van der Waals surface area contributed by atoms with Crippen LogP contribution in [0.2, 0.25) is 0 Å². The standard InChI is InChI=1S/C16H16O4.CHF3O3S/c1-19-13-7-3-11(4-8-13)15(17)16(18)12-5-9-14(20-2)10-6-12;2-1(3,4)8(5,6)7/h3-10,15,17H,1-2H3;(H,5,6,7). The van der Waals surface area contributed by atoms with Crippen molar-refractivity contribution in [1.82, 2.24) is 0 Å². The predicted molar refractivity (Wildman–Crippen MR) is 92.9 cm³/mol. The Hall–Kier alpha value is -2.63. The number of benzene rings is 2. The van der Waals surface area contributed by atoms with Crippen LogP contribution in [0.3, 0.4) is 0 Å². The van der Waals surface area contributed by atoms with Crippen molar-refractivity contribution in [3.63, 3.8) is 0 Å². The Morgan fingerprint density at radius 1 is 0.929 bits per heavy atom. The smallest absolute Gasteiger partial charge is 0.497 e. The van der Waals surface area contributed by atoms with E-state index in [0.29, 0.717) is 22.6 Å². The van der Waals surface area contributed by atoms with Gasteiger partial charge in [0.15, 0.2) is 5.78 Å². The molecule has 28 heavy (non-hydrogen) atoms. The number of Topliss-reactive ketones (excluding diaryl/α,β-unsaturated/α-hetero) is 1. The molecule has 0 spiro atoms. The number of hydrogen-bond acceptors (Lipinski definition) is 6. The van der Waals surface area contributed by atoms with Crippen molar-refractivity contribution in [2.45, 2.75) is 11.6 Å². The number of ether oxygens (including phenoxy) is 2. The minimum Gasteiger partial charge on any atom is -0.497 e. The zero-order chi connectivity index (χ0) is 21.5. The van der Waals surface area contributed by atoms with Crippen LogP contribution in [0.25, 0.3) is 0 Å². The lowest BCUT2D eigenvalue weighted by Crippen LogP contribution is -2.21. The molecule has 0 bridgehead atoms. The van der Waals surface area contributed by atoms with Gasteiger partial charge in [-0.2, -0.15) is 21.6 Å². The summed E-state index contributed by atoms with van der Waals surface area (Å²) in [6.45, 7) is 0. The molecule has 0 aliphatic rings. The summed E-state index contributed by atoms with van der Waals surface area (Å²) in [6, 6.07) is 13.4. The molecule has 0 heterocycles. The Morgan fingerprint density at radius 3 is 1.61 bits per heavy atom. The molecule has 1 unspecified atom stereocenters. The summed E-state index contributed by atoms with van der Waals surface area (Å²) in [5.41, 5.74) is -4.56. The fraction of sp³-hybridized carbons (Fsp3) is 0.235. The molecule has 0 radical (unpaired) electrons. The first kappa shape index (κ1) is 23.4. The minimum atomic E-state index is -5.84. The summed E-state index contributed by atoms with van der Waals surface area (Å²) in [4.78, 5) is 12.2. The van der Waals surface area contributed by atoms with Gasteiger partial charge in [-0.1, -0.05) is 12.1 Å². The molecule has 0 saturated heterocycles. The molecule has 1 atom stereocenters. The number of alkyl halides is 3. The molecule has 2 N–H and O–H groups in total. The lowest BCUT2D eigenvalue weighted by atomic mass is 10.00. The number of halogens is 3. The molecule has 7 nitrogen and oxygen atoms in total. The Labute approximate surface area is 159 Å². The topological polar surface area (TPSA) is 110 Å². The summed E-state index contributed by atoms with van der Waals surface area (Å²) in [7, 11) is -2.72. The molecule has 2 aromatic carbocycles. The van der Waals surface area contributed by atoms with E-state index in [9.17, 15) is 23.1 Å². The number of aliphatic hydroxyl groups is 1. The van der Waals surface area contributed by atoms with Gasteiger partial charge in [-0.15, -0.1) is 0 Å². The lowest BCUT2D eigenvalue weighted by molar-refractivity contribution is -0.0510. The third-order valence-electron chi connectivity index (χ3n) is 3.35. The third kappa shape index (κ3) is 6.51. The monoisotopic (exact) mass is 422 g/mol. The van der Waals surface area contributed by atoms with Gasteiger partial charge >= 0.3 is 15.6 Å². The first-order chi connectivity index (χ1) is 12.9. The van der Waals surface area contributed by atoms with E-state index in [1.54, 1.807) is 62.8 Å². The molecule has 11 heteroatoms. The van der Waals surface area contributed by atoms with Gasteiger partial charge in [-0.3, -0.25) is 9.35 Å². The second-order valence-corrected chi connectivity index (χ2v) is 6.60. The molecule has 154 valence electrons. The van der Waals surface area contributed by atoms with E-state index < -0.39 is 21.7 Å².